The SMILES string of the molecule is Cc1cccc(OCCCn2c(CN3CCOCC3)nc3ccccc32)c1. The van der Waals surface area contributed by atoms with E-state index in [1.165, 1.54) is 11.1 Å². The van der Waals surface area contributed by atoms with Crippen molar-refractivity contribution in [1.82, 2.24) is 14.5 Å². The monoisotopic (exact) mass is 365 g/mol. The molecule has 5 nitrogen and oxygen atoms in total. The number of morpholine rings is 1. The van der Waals surface area contributed by atoms with Crippen molar-refractivity contribution >= 4 is 11.0 Å². The zero-order chi connectivity index (χ0) is 18.5. The summed E-state index contributed by atoms with van der Waals surface area (Å²) in [5.41, 5.74) is 3.50. The van der Waals surface area contributed by atoms with Crippen LogP contribution in [-0.4, -0.2) is 47.4 Å². The van der Waals surface area contributed by atoms with Gasteiger partial charge < -0.3 is 14.0 Å². The first-order valence-electron chi connectivity index (χ1n) is 9.73. The van der Waals surface area contributed by atoms with Gasteiger partial charge in [-0.25, -0.2) is 4.98 Å². The molecule has 0 unspecified atom stereocenters. The molecule has 1 aliphatic heterocycles. The summed E-state index contributed by atoms with van der Waals surface area (Å²) < 4.78 is 13.7. The van der Waals surface area contributed by atoms with E-state index in [0.29, 0.717) is 6.61 Å². The topological polar surface area (TPSA) is 39.5 Å². The first-order chi connectivity index (χ1) is 13.3. The van der Waals surface area contributed by atoms with Crippen molar-refractivity contribution in [3.63, 3.8) is 0 Å². The molecule has 0 radical (unpaired) electrons. The number of hydrogen-bond donors (Lipinski definition) is 0. The highest BCUT2D eigenvalue weighted by molar-refractivity contribution is 5.75. The van der Waals surface area contributed by atoms with Crippen molar-refractivity contribution < 1.29 is 9.47 Å². The van der Waals surface area contributed by atoms with E-state index in [4.69, 9.17) is 14.5 Å². The Labute approximate surface area is 160 Å². The van der Waals surface area contributed by atoms with E-state index in [2.05, 4.69) is 52.8 Å². The summed E-state index contributed by atoms with van der Waals surface area (Å²) in [5, 5.41) is 0. The minimum absolute atomic E-state index is 0.701. The van der Waals surface area contributed by atoms with Gasteiger partial charge in [-0.1, -0.05) is 24.3 Å². The lowest BCUT2D eigenvalue weighted by Gasteiger charge is -2.26. The van der Waals surface area contributed by atoms with Crippen molar-refractivity contribution in [2.45, 2.75) is 26.4 Å². The maximum absolute atomic E-state index is 5.93. The Hall–Kier alpha value is -2.37. The number of ether oxygens (including phenoxy) is 2. The second kappa shape index (κ2) is 8.55. The number of aryl methyl sites for hydroxylation is 2. The van der Waals surface area contributed by atoms with Crippen LogP contribution >= 0.6 is 0 Å². The molecule has 0 aliphatic carbocycles. The largest absolute Gasteiger partial charge is 0.494 e. The summed E-state index contributed by atoms with van der Waals surface area (Å²) in [6.07, 6.45) is 0.949. The maximum atomic E-state index is 5.93. The second-order valence-electron chi connectivity index (χ2n) is 7.08. The standard InChI is InChI=1S/C22H27N3O2/c1-18-6-4-7-19(16-18)27-13-5-10-25-21-9-3-2-8-20(21)23-22(25)17-24-11-14-26-15-12-24/h2-4,6-9,16H,5,10-15,17H2,1H3. The predicted molar refractivity (Wildman–Crippen MR) is 107 cm³/mol. The van der Waals surface area contributed by atoms with Crippen LogP contribution in [0.5, 0.6) is 5.75 Å². The van der Waals surface area contributed by atoms with Gasteiger partial charge in [0.25, 0.3) is 0 Å². The van der Waals surface area contributed by atoms with Crippen LogP contribution < -0.4 is 4.74 Å². The third kappa shape index (κ3) is 4.49. The van der Waals surface area contributed by atoms with Gasteiger partial charge in [-0.15, -0.1) is 0 Å². The van der Waals surface area contributed by atoms with Crippen LogP contribution in [0.25, 0.3) is 11.0 Å². The Morgan fingerprint density at radius 1 is 1.07 bits per heavy atom. The third-order valence-electron chi connectivity index (χ3n) is 4.99. The highest BCUT2D eigenvalue weighted by Gasteiger charge is 2.16. The Bertz CT molecular complexity index is 884. The summed E-state index contributed by atoms with van der Waals surface area (Å²) in [5.74, 6) is 2.08. The molecule has 2 aromatic carbocycles. The van der Waals surface area contributed by atoms with Gasteiger partial charge in [-0.05, 0) is 43.2 Å². The quantitative estimate of drug-likeness (QED) is 0.599. The molecule has 1 saturated heterocycles. The van der Waals surface area contributed by atoms with E-state index in [1.54, 1.807) is 0 Å². The highest BCUT2D eigenvalue weighted by Crippen LogP contribution is 2.19. The van der Waals surface area contributed by atoms with E-state index < -0.39 is 0 Å². The molecule has 0 atom stereocenters. The molecular formula is C22H27N3O2. The van der Waals surface area contributed by atoms with Gasteiger partial charge in [-0.2, -0.15) is 0 Å². The molecule has 3 aromatic rings. The van der Waals surface area contributed by atoms with Crippen molar-refractivity contribution in [3.05, 3.63) is 59.9 Å². The highest BCUT2D eigenvalue weighted by atomic mass is 16.5. The van der Waals surface area contributed by atoms with Gasteiger partial charge in [0.05, 0.1) is 37.4 Å². The average molecular weight is 365 g/mol. The van der Waals surface area contributed by atoms with Crippen LogP contribution in [0.3, 0.4) is 0 Å². The number of aromatic nitrogens is 2. The lowest BCUT2D eigenvalue weighted by atomic mass is 10.2. The van der Waals surface area contributed by atoms with Crippen LogP contribution in [-0.2, 0) is 17.8 Å². The van der Waals surface area contributed by atoms with Gasteiger partial charge in [0.15, 0.2) is 0 Å². The molecule has 0 spiro atoms. The minimum Gasteiger partial charge on any atom is -0.494 e. The molecule has 27 heavy (non-hydrogen) atoms. The van der Waals surface area contributed by atoms with Crippen LogP contribution in [0.15, 0.2) is 48.5 Å². The van der Waals surface area contributed by atoms with Crippen molar-refractivity contribution in [3.8, 4) is 5.75 Å². The fourth-order valence-corrected chi connectivity index (χ4v) is 3.57. The van der Waals surface area contributed by atoms with Crippen molar-refractivity contribution in [2.24, 2.45) is 0 Å². The molecule has 0 bridgehead atoms. The fraction of sp³-hybridized carbons (Fsp3) is 0.409. The molecule has 2 heterocycles. The first kappa shape index (κ1) is 18.0. The molecule has 0 N–H and O–H groups in total. The molecule has 0 amide bonds. The van der Waals surface area contributed by atoms with Crippen LogP contribution in [0.1, 0.15) is 17.8 Å². The van der Waals surface area contributed by atoms with Gasteiger partial charge in [0.1, 0.15) is 11.6 Å². The van der Waals surface area contributed by atoms with Gasteiger partial charge in [0.2, 0.25) is 0 Å². The molecule has 1 aliphatic rings. The van der Waals surface area contributed by atoms with E-state index in [1.807, 2.05) is 12.1 Å². The van der Waals surface area contributed by atoms with E-state index in [9.17, 15) is 0 Å². The molecular weight excluding hydrogens is 338 g/mol. The second-order valence-corrected chi connectivity index (χ2v) is 7.08. The zero-order valence-corrected chi connectivity index (χ0v) is 15.9. The third-order valence-corrected chi connectivity index (χ3v) is 4.99. The maximum Gasteiger partial charge on any atom is 0.124 e. The van der Waals surface area contributed by atoms with Gasteiger partial charge >= 0.3 is 0 Å². The summed E-state index contributed by atoms with van der Waals surface area (Å²) in [6, 6.07) is 16.6. The number of imidazole rings is 1. The van der Waals surface area contributed by atoms with Crippen molar-refractivity contribution in [2.75, 3.05) is 32.9 Å². The van der Waals surface area contributed by atoms with Gasteiger partial charge in [-0.3, -0.25) is 4.90 Å². The molecule has 142 valence electrons. The van der Waals surface area contributed by atoms with Crippen molar-refractivity contribution in [1.29, 1.82) is 0 Å². The van der Waals surface area contributed by atoms with Gasteiger partial charge in [0, 0.05) is 19.6 Å². The number of fused-ring (bicyclic) bond motifs is 1. The fourth-order valence-electron chi connectivity index (χ4n) is 3.57. The molecule has 1 aromatic heterocycles. The van der Waals surface area contributed by atoms with Crippen LogP contribution in [0, 0.1) is 6.92 Å². The normalized spacial score (nSPS) is 15.3. The Morgan fingerprint density at radius 2 is 1.93 bits per heavy atom. The van der Waals surface area contributed by atoms with E-state index in [-0.39, 0.29) is 0 Å². The average Bonchev–Trinajstić information content (AvgIpc) is 3.03. The number of para-hydroxylation sites is 2. The smallest absolute Gasteiger partial charge is 0.124 e. The number of benzene rings is 2. The lowest BCUT2D eigenvalue weighted by molar-refractivity contribution is 0.0326. The Balaban J connectivity index is 1.43. The zero-order valence-electron chi connectivity index (χ0n) is 15.9. The number of rotatable bonds is 7. The lowest BCUT2D eigenvalue weighted by Crippen LogP contribution is -2.36. The van der Waals surface area contributed by atoms with E-state index >= 15 is 0 Å². The Morgan fingerprint density at radius 3 is 2.78 bits per heavy atom. The van der Waals surface area contributed by atoms with Crippen LogP contribution in [0.4, 0.5) is 0 Å². The molecule has 4 rings (SSSR count). The minimum atomic E-state index is 0.701. The Kier molecular flexibility index (Phi) is 5.70. The number of nitrogens with zero attached hydrogens (tertiary/aromatic N) is 3. The molecule has 1 fully saturated rings. The summed E-state index contributed by atoms with van der Waals surface area (Å²) >= 11 is 0. The summed E-state index contributed by atoms with van der Waals surface area (Å²) in [4.78, 5) is 7.32. The predicted octanol–water partition coefficient (Wildman–Crippen LogP) is 3.65. The molecule has 0 saturated carbocycles. The molecule has 5 heteroatoms. The van der Waals surface area contributed by atoms with E-state index in [0.717, 1.165) is 62.9 Å². The first-order valence-corrected chi connectivity index (χ1v) is 9.73. The summed E-state index contributed by atoms with van der Waals surface area (Å²) in [7, 11) is 0. The summed E-state index contributed by atoms with van der Waals surface area (Å²) in [6.45, 7) is 8.13. The van der Waals surface area contributed by atoms with Crippen LogP contribution in [0.2, 0.25) is 0 Å². The number of hydrogen-bond acceptors (Lipinski definition) is 4.